The second-order valence-electron chi connectivity index (χ2n) is 5.08. The molecule has 1 saturated heterocycles. The summed E-state index contributed by atoms with van der Waals surface area (Å²) in [6.45, 7) is 2.67. The summed E-state index contributed by atoms with van der Waals surface area (Å²) < 4.78 is 31.9. The zero-order valence-electron chi connectivity index (χ0n) is 12.3. The molecule has 1 fully saturated rings. The molecular weight excluding hydrogens is 278 g/mol. The molecule has 0 bridgehead atoms. The number of ether oxygens (including phenoxy) is 1. The molecule has 1 aromatic heterocycles. The van der Waals surface area contributed by atoms with Crippen molar-refractivity contribution in [2.24, 2.45) is 0 Å². The van der Waals surface area contributed by atoms with E-state index in [9.17, 15) is 8.42 Å². The topological polar surface area (TPSA) is 73.2 Å². The quantitative estimate of drug-likeness (QED) is 0.883. The molecule has 1 aliphatic rings. The fraction of sp³-hybridized carbons (Fsp3) is 0.769. The zero-order valence-corrected chi connectivity index (χ0v) is 13.1. The highest BCUT2D eigenvalue weighted by molar-refractivity contribution is 7.92. The molecule has 0 radical (unpaired) electrons. The number of hydrogen-bond donors (Lipinski definition) is 1. The van der Waals surface area contributed by atoms with Crippen molar-refractivity contribution >= 4 is 9.84 Å². The molecule has 2 rings (SSSR count). The van der Waals surface area contributed by atoms with Gasteiger partial charge in [0.2, 0.25) is 0 Å². The van der Waals surface area contributed by atoms with Crippen LogP contribution in [0.3, 0.4) is 0 Å². The molecule has 2 heterocycles. The molecule has 7 heteroatoms. The van der Waals surface area contributed by atoms with Crippen LogP contribution in [0, 0.1) is 0 Å². The van der Waals surface area contributed by atoms with Crippen LogP contribution in [0.2, 0.25) is 0 Å². The molecule has 114 valence electrons. The molecule has 2 unspecified atom stereocenters. The van der Waals surface area contributed by atoms with Crippen molar-refractivity contribution in [1.29, 1.82) is 0 Å². The highest BCUT2D eigenvalue weighted by Crippen LogP contribution is 2.34. The van der Waals surface area contributed by atoms with Crippen LogP contribution in [-0.4, -0.2) is 43.4 Å². The summed E-state index contributed by atoms with van der Waals surface area (Å²) in [5.41, 5.74) is 0.827. The number of rotatable bonds is 5. The van der Waals surface area contributed by atoms with E-state index >= 15 is 0 Å². The van der Waals surface area contributed by atoms with Gasteiger partial charge in [-0.2, -0.15) is 5.10 Å². The van der Waals surface area contributed by atoms with Crippen LogP contribution >= 0.6 is 0 Å². The normalized spacial score (nSPS) is 23.4. The second-order valence-corrected chi connectivity index (χ2v) is 7.42. The summed E-state index contributed by atoms with van der Waals surface area (Å²) in [6, 6.07) is -0.280. The lowest BCUT2D eigenvalue weighted by atomic mass is 10.0. The van der Waals surface area contributed by atoms with Crippen LogP contribution in [0.25, 0.3) is 0 Å². The Bertz CT molecular complexity index is 532. The van der Waals surface area contributed by atoms with Gasteiger partial charge in [0.1, 0.15) is 0 Å². The summed E-state index contributed by atoms with van der Waals surface area (Å²) in [5, 5.41) is 7.03. The third-order valence-electron chi connectivity index (χ3n) is 3.97. The van der Waals surface area contributed by atoms with Gasteiger partial charge in [-0.3, -0.25) is 4.68 Å². The van der Waals surface area contributed by atoms with Gasteiger partial charge in [0.15, 0.2) is 15.6 Å². The molecule has 1 aromatic rings. The number of hydrogen-bond acceptors (Lipinski definition) is 5. The minimum atomic E-state index is -3.07. The zero-order chi connectivity index (χ0) is 14.8. The summed E-state index contributed by atoms with van der Waals surface area (Å²) in [5.74, 6) is 0.922. The highest BCUT2D eigenvalue weighted by Gasteiger charge is 2.38. The fourth-order valence-electron chi connectivity index (χ4n) is 2.95. The maximum atomic E-state index is 12.4. The van der Waals surface area contributed by atoms with Gasteiger partial charge < -0.3 is 10.1 Å². The van der Waals surface area contributed by atoms with E-state index in [2.05, 4.69) is 10.4 Å². The maximum Gasteiger partial charge on any atom is 0.161 e. The first-order valence-corrected chi connectivity index (χ1v) is 8.75. The Labute approximate surface area is 120 Å². The van der Waals surface area contributed by atoms with Gasteiger partial charge in [0.05, 0.1) is 36.0 Å². The lowest BCUT2D eigenvalue weighted by Gasteiger charge is -2.30. The van der Waals surface area contributed by atoms with Crippen molar-refractivity contribution in [3.63, 3.8) is 0 Å². The number of nitrogens with one attached hydrogen (secondary N) is 1. The van der Waals surface area contributed by atoms with Crippen LogP contribution in [0.15, 0.2) is 6.20 Å². The SMILES string of the molecule is CCn1ncc(OC)c1C(NC)C1CCCCS1(=O)=O. The van der Waals surface area contributed by atoms with Gasteiger partial charge >= 0.3 is 0 Å². The second kappa shape index (κ2) is 6.13. The average Bonchev–Trinajstić information content (AvgIpc) is 2.84. The summed E-state index contributed by atoms with van der Waals surface area (Å²) in [4.78, 5) is 0. The van der Waals surface area contributed by atoms with Crippen molar-refractivity contribution in [3.8, 4) is 5.75 Å². The van der Waals surface area contributed by atoms with Crippen LogP contribution < -0.4 is 10.1 Å². The largest absolute Gasteiger partial charge is 0.493 e. The standard InChI is InChI=1S/C13H23N3O3S/c1-4-16-13(10(19-3)9-15-16)12(14-2)11-7-5-6-8-20(11,17)18/h9,11-12,14H,4-8H2,1-3H3. The predicted octanol–water partition coefficient (Wildman–Crippen LogP) is 1.14. The van der Waals surface area contributed by atoms with E-state index in [0.29, 0.717) is 18.7 Å². The average molecular weight is 301 g/mol. The van der Waals surface area contributed by atoms with Gasteiger partial charge in [0, 0.05) is 6.54 Å². The Hall–Kier alpha value is -1.08. The van der Waals surface area contributed by atoms with Crippen LogP contribution in [-0.2, 0) is 16.4 Å². The maximum absolute atomic E-state index is 12.4. The third kappa shape index (κ3) is 2.69. The van der Waals surface area contributed by atoms with Crippen LogP contribution in [0.4, 0.5) is 0 Å². The van der Waals surface area contributed by atoms with E-state index < -0.39 is 15.1 Å². The molecule has 1 aliphatic heterocycles. The monoisotopic (exact) mass is 301 g/mol. The van der Waals surface area contributed by atoms with E-state index in [1.165, 1.54) is 0 Å². The van der Waals surface area contributed by atoms with Gasteiger partial charge in [-0.05, 0) is 26.8 Å². The van der Waals surface area contributed by atoms with Crippen LogP contribution in [0.5, 0.6) is 5.75 Å². The highest BCUT2D eigenvalue weighted by atomic mass is 32.2. The summed E-state index contributed by atoms with van der Waals surface area (Å²) >= 11 is 0. The van der Waals surface area contributed by atoms with Crippen molar-refractivity contribution in [1.82, 2.24) is 15.1 Å². The fourth-order valence-corrected chi connectivity index (χ4v) is 5.07. The number of nitrogens with zero attached hydrogens (tertiary/aromatic N) is 2. The molecule has 0 aliphatic carbocycles. The molecule has 1 N–H and O–H groups in total. The molecule has 0 amide bonds. The van der Waals surface area contributed by atoms with Crippen molar-refractivity contribution in [2.75, 3.05) is 19.9 Å². The molecule has 2 atom stereocenters. The first-order valence-electron chi connectivity index (χ1n) is 7.03. The Morgan fingerprint density at radius 3 is 2.85 bits per heavy atom. The van der Waals surface area contributed by atoms with E-state index in [1.54, 1.807) is 20.4 Å². The molecule has 0 saturated carbocycles. The first-order chi connectivity index (χ1) is 9.55. The number of methoxy groups -OCH3 is 1. The Morgan fingerprint density at radius 1 is 1.55 bits per heavy atom. The minimum Gasteiger partial charge on any atom is -0.493 e. The molecule has 0 spiro atoms. The summed E-state index contributed by atoms with van der Waals surface area (Å²) in [6.07, 6.45) is 4.05. The lowest BCUT2D eigenvalue weighted by Crippen LogP contribution is -2.40. The summed E-state index contributed by atoms with van der Waals surface area (Å²) in [7, 11) is 0.309. The Balaban J connectivity index is 2.44. The van der Waals surface area contributed by atoms with Gasteiger partial charge in [-0.25, -0.2) is 8.42 Å². The van der Waals surface area contributed by atoms with Gasteiger partial charge in [0.25, 0.3) is 0 Å². The van der Waals surface area contributed by atoms with Crippen LogP contribution in [0.1, 0.15) is 37.9 Å². The van der Waals surface area contributed by atoms with Crippen molar-refractivity contribution in [3.05, 3.63) is 11.9 Å². The van der Waals surface area contributed by atoms with E-state index in [-0.39, 0.29) is 11.8 Å². The lowest BCUT2D eigenvalue weighted by molar-refractivity contribution is 0.384. The van der Waals surface area contributed by atoms with Gasteiger partial charge in [-0.1, -0.05) is 6.42 Å². The molecule has 20 heavy (non-hydrogen) atoms. The van der Waals surface area contributed by atoms with Crippen molar-refractivity contribution < 1.29 is 13.2 Å². The number of aryl methyl sites for hydroxylation is 1. The first kappa shape index (κ1) is 15.3. The smallest absolute Gasteiger partial charge is 0.161 e. The van der Waals surface area contributed by atoms with Crippen molar-refractivity contribution in [2.45, 2.75) is 44.0 Å². The number of sulfone groups is 1. The van der Waals surface area contributed by atoms with E-state index in [4.69, 9.17) is 4.74 Å². The van der Waals surface area contributed by atoms with E-state index in [0.717, 1.165) is 18.5 Å². The molecular formula is C13H23N3O3S. The van der Waals surface area contributed by atoms with E-state index in [1.807, 2.05) is 11.6 Å². The third-order valence-corrected chi connectivity index (χ3v) is 6.26. The number of aromatic nitrogens is 2. The Morgan fingerprint density at radius 2 is 2.30 bits per heavy atom. The molecule has 0 aromatic carbocycles. The minimum absolute atomic E-state index is 0.276. The predicted molar refractivity (Wildman–Crippen MR) is 77.7 cm³/mol. The Kier molecular flexibility index (Phi) is 4.70. The molecule has 6 nitrogen and oxygen atoms in total. The van der Waals surface area contributed by atoms with Gasteiger partial charge in [-0.15, -0.1) is 0 Å².